The topological polar surface area (TPSA) is 68.0 Å². The molecule has 100 valence electrons. The molecule has 3 N–H and O–H groups in total. The van der Waals surface area contributed by atoms with Crippen molar-refractivity contribution in [2.75, 3.05) is 4.72 Å². The van der Waals surface area contributed by atoms with Gasteiger partial charge in [-0.15, -0.1) is 0 Å². The molecule has 0 amide bonds. The van der Waals surface area contributed by atoms with E-state index in [-0.39, 0.29) is 11.3 Å². The lowest BCUT2D eigenvalue weighted by Crippen LogP contribution is -2.19. The van der Waals surface area contributed by atoms with Crippen molar-refractivity contribution in [1.29, 1.82) is 0 Å². The first-order valence-electron chi connectivity index (χ1n) is 5.33. The summed E-state index contributed by atoms with van der Waals surface area (Å²) in [5, 5.41) is 5.11. The minimum Gasteiger partial charge on any atom is -0.292 e. The fourth-order valence-electron chi connectivity index (χ4n) is 2.20. The van der Waals surface area contributed by atoms with Gasteiger partial charge in [-0.25, -0.2) is 14.3 Å². The van der Waals surface area contributed by atoms with Crippen LogP contribution in [-0.2, 0) is 30.2 Å². The maximum Gasteiger partial charge on any atom is 0.433 e. The molecule has 1 aromatic rings. The summed E-state index contributed by atoms with van der Waals surface area (Å²) in [5.74, 6) is 0. The number of nitrogens with one attached hydrogen (secondary N) is 1. The van der Waals surface area contributed by atoms with E-state index < -0.39 is 23.0 Å². The quantitative estimate of drug-likeness (QED) is 0.867. The van der Waals surface area contributed by atoms with Crippen molar-refractivity contribution in [2.45, 2.75) is 32.4 Å². The molecule has 1 aromatic heterocycles. The molecule has 0 fully saturated rings. The Balaban J connectivity index is 2.63. The van der Waals surface area contributed by atoms with Crippen LogP contribution in [0.25, 0.3) is 0 Å². The number of rotatable bonds is 2. The molecule has 1 heterocycles. The minimum atomic E-state index is -4.52. The van der Waals surface area contributed by atoms with Crippen LogP contribution >= 0.6 is 0 Å². The Morgan fingerprint density at radius 3 is 2.61 bits per heavy atom. The Morgan fingerprint density at radius 2 is 2.06 bits per heavy atom. The normalized spacial score (nSPS) is 16.5. The molecule has 1 aliphatic rings. The number of anilines is 1. The maximum atomic E-state index is 12.8. The minimum absolute atomic E-state index is 0.0537. The number of hydrogen-bond donors (Lipinski definition) is 2. The van der Waals surface area contributed by atoms with Gasteiger partial charge in [0, 0.05) is 11.3 Å². The Kier molecular flexibility index (Phi) is 3.33. The van der Waals surface area contributed by atoms with Gasteiger partial charge in [0.25, 0.3) is 0 Å². The van der Waals surface area contributed by atoms with Crippen molar-refractivity contribution >= 4 is 16.9 Å². The fraction of sp³-hybridized carbons (Fsp3) is 0.500. The van der Waals surface area contributed by atoms with E-state index in [0.717, 1.165) is 6.42 Å². The molecular formula is C10H12F3N3OS. The van der Waals surface area contributed by atoms with Crippen molar-refractivity contribution in [2.24, 2.45) is 5.14 Å². The number of hydrogen-bond acceptors (Lipinski definition) is 2. The Bertz CT molecular complexity index is 516. The number of alkyl halides is 3. The average molecular weight is 279 g/mol. The largest absolute Gasteiger partial charge is 0.433 e. The van der Waals surface area contributed by atoms with Crippen LogP contribution in [0.5, 0.6) is 0 Å². The summed E-state index contributed by atoms with van der Waals surface area (Å²) < 4.78 is 51.9. The first kappa shape index (κ1) is 13.3. The number of aromatic nitrogens is 1. The predicted molar refractivity (Wildman–Crippen MR) is 62.0 cm³/mol. The van der Waals surface area contributed by atoms with Crippen LogP contribution < -0.4 is 9.86 Å². The lowest BCUT2D eigenvalue weighted by Gasteiger charge is -2.17. The molecule has 0 aromatic carbocycles. The molecule has 2 rings (SSSR count). The summed E-state index contributed by atoms with van der Waals surface area (Å²) in [4.78, 5) is 3.69. The molecule has 0 bridgehead atoms. The summed E-state index contributed by atoms with van der Waals surface area (Å²) in [6.45, 7) is 1.31. The molecule has 8 heteroatoms. The van der Waals surface area contributed by atoms with E-state index in [4.69, 9.17) is 5.14 Å². The molecule has 0 aliphatic heterocycles. The van der Waals surface area contributed by atoms with Crippen molar-refractivity contribution in [3.05, 3.63) is 22.5 Å². The number of fused-ring (bicyclic) bond motifs is 1. The van der Waals surface area contributed by atoms with Crippen LogP contribution in [0.3, 0.4) is 0 Å². The Labute approximate surface area is 105 Å². The van der Waals surface area contributed by atoms with E-state index in [1.807, 2.05) is 0 Å². The summed E-state index contributed by atoms with van der Waals surface area (Å²) in [6, 6.07) is 0. The Morgan fingerprint density at radius 1 is 1.39 bits per heavy atom. The van der Waals surface area contributed by atoms with Crippen LogP contribution in [0.2, 0.25) is 0 Å². The fourth-order valence-corrected chi connectivity index (χ4v) is 2.68. The third-order valence-corrected chi connectivity index (χ3v) is 3.34. The van der Waals surface area contributed by atoms with Crippen LogP contribution in [0.4, 0.5) is 18.9 Å². The molecular weight excluding hydrogens is 267 g/mol. The molecule has 0 spiro atoms. The monoisotopic (exact) mass is 279 g/mol. The standard InChI is InChI=1S/C10H12F3N3OS/c1-5-8(16-18(14)17)6-3-2-4-7(6)15-9(5)10(11,12)13/h2-4,14H2,1H3,(H,15,16). The van der Waals surface area contributed by atoms with E-state index in [0.29, 0.717) is 24.1 Å². The zero-order valence-corrected chi connectivity index (χ0v) is 10.4. The summed E-state index contributed by atoms with van der Waals surface area (Å²) in [5.41, 5.74) is 0.337. The zero-order valence-electron chi connectivity index (χ0n) is 9.60. The van der Waals surface area contributed by atoms with Gasteiger partial charge in [-0.3, -0.25) is 4.72 Å². The molecule has 0 saturated carbocycles. The van der Waals surface area contributed by atoms with E-state index in [1.54, 1.807) is 0 Å². The molecule has 1 atom stereocenters. The molecule has 18 heavy (non-hydrogen) atoms. The second-order valence-electron chi connectivity index (χ2n) is 4.14. The third-order valence-electron chi connectivity index (χ3n) is 2.94. The van der Waals surface area contributed by atoms with Crippen molar-refractivity contribution in [1.82, 2.24) is 4.98 Å². The van der Waals surface area contributed by atoms with Gasteiger partial charge in [-0.1, -0.05) is 0 Å². The lowest BCUT2D eigenvalue weighted by atomic mass is 10.1. The summed E-state index contributed by atoms with van der Waals surface area (Å²) >= 11 is -1.90. The van der Waals surface area contributed by atoms with Crippen molar-refractivity contribution in [3.63, 3.8) is 0 Å². The van der Waals surface area contributed by atoms with Gasteiger partial charge in [0.1, 0.15) is 5.69 Å². The lowest BCUT2D eigenvalue weighted by molar-refractivity contribution is -0.141. The molecule has 1 unspecified atom stereocenters. The number of nitrogens with zero attached hydrogens (tertiary/aromatic N) is 1. The van der Waals surface area contributed by atoms with Crippen LogP contribution in [0.15, 0.2) is 0 Å². The highest BCUT2D eigenvalue weighted by Gasteiger charge is 2.37. The number of pyridine rings is 1. The van der Waals surface area contributed by atoms with Gasteiger partial charge >= 0.3 is 6.18 Å². The second kappa shape index (κ2) is 4.51. The summed E-state index contributed by atoms with van der Waals surface area (Å²) in [6.07, 6.45) is -2.64. The van der Waals surface area contributed by atoms with Crippen LogP contribution in [0, 0.1) is 6.92 Å². The first-order valence-corrected chi connectivity index (χ1v) is 6.54. The van der Waals surface area contributed by atoms with Gasteiger partial charge in [-0.05, 0) is 31.7 Å². The van der Waals surface area contributed by atoms with Crippen LogP contribution in [0.1, 0.15) is 28.9 Å². The molecule has 0 radical (unpaired) electrons. The van der Waals surface area contributed by atoms with E-state index >= 15 is 0 Å². The van der Waals surface area contributed by atoms with Gasteiger partial charge in [0.2, 0.25) is 0 Å². The Hall–Kier alpha value is -1.15. The number of halogens is 3. The van der Waals surface area contributed by atoms with E-state index in [9.17, 15) is 17.4 Å². The SMILES string of the molecule is Cc1c(C(F)(F)F)nc2c(c1NS(N)=O)CCC2. The van der Waals surface area contributed by atoms with Gasteiger partial charge in [-0.2, -0.15) is 13.2 Å². The maximum absolute atomic E-state index is 12.8. The molecule has 0 saturated heterocycles. The molecule has 4 nitrogen and oxygen atoms in total. The van der Waals surface area contributed by atoms with Crippen molar-refractivity contribution < 1.29 is 17.4 Å². The van der Waals surface area contributed by atoms with Gasteiger partial charge in [0.05, 0.1) is 5.69 Å². The average Bonchev–Trinajstić information content (AvgIpc) is 2.67. The summed E-state index contributed by atoms with van der Waals surface area (Å²) in [7, 11) is 0. The highest BCUT2D eigenvalue weighted by Crippen LogP contribution is 2.38. The second-order valence-corrected chi connectivity index (χ2v) is 4.94. The molecule has 1 aliphatic carbocycles. The third kappa shape index (κ3) is 2.35. The highest BCUT2D eigenvalue weighted by atomic mass is 32.2. The van der Waals surface area contributed by atoms with Crippen molar-refractivity contribution in [3.8, 4) is 0 Å². The van der Waals surface area contributed by atoms with E-state index in [1.165, 1.54) is 6.92 Å². The van der Waals surface area contributed by atoms with E-state index in [2.05, 4.69) is 9.71 Å². The van der Waals surface area contributed by atoms with Gasteiger partial charge < -0.3 is 0 Å². The number of nitrogens with two attached hydrogens (primary N) is 1. The number of aryl methyl sites for hydroxylation is 1. The smallest absolute Gasteiger partial charge is 0.292 e. The first-order chi connectivity index (χ1) is 8.30. The van der Waals surface area contributed by atoms with Crippen LogP contribution in [-0.4, -0.2) is 9.19 Å². The highest BCUT2D eigenvalue weighted by molar-refractivity contribution is 7.84. The van der Waals surface area contributed by atoms with Gasteiger partial charge in [0.15, 0.2) is 11.2 Å². The zero-order chi connectivity index (χ0) is 13.5. The predicted octanol–water partition coefficient (Wildman–Crippen LogP) is 1.85.